The monoisotopic (exact) mass is 200 g/mol. The average Bonchev–Trinajstić information content (AvgIpc) is 2.13. The first kappa shape index (κ1) is 12.0. The Balaban J connectivity index is 2.44. The molecule has 1 fully saturated rings. The van der Waals surface area contributed by atoms with Crippen molar-refractivity contribution in [3.8, 4) is 0 Å². The summed E-state index contributed by atoms with van der Waals surface area (Å²) < 4.78 is 2.63. The molecule has 0 aromatic carbocycles. The van der Waals surface area contributed by atoms with Crippen molar-refractivity contribution in [2.24, 2.45) is 0 Å². The minimum Gasteiger partial charge on any atom is -0.317 e. The van der Waals surface area contributed by atoms with Gasteiger partial charge in [-0.1, -0.05) is 13.8 Å². The van der Waals surface area contributed by atoms with E-state index >= 15 is 0 Å². The van der Waals surface area contributed by atoms with Crippen molar-refractivity contribution in [1.29, 1.82) is 0 Å². The number of likely N-dealkylation sites (N-methyl/N-ethyl adjacent to an activating group) is 2. The zero-order valence-corrected chi connectivity index (χ0v) is 10.6. The van der Waals surface area contributed by atoms with Gasteiger partial charge in [0.25, 0.3) is 0 Å². The van der Waals surface area contributed by atoms with E-state index in [0.29, 0.717) is 0 Å². The molecule has 0 N–H and O–H groups in total. The molecule has 2 heteroatoms. The maximum atomic E-state index is 2.43. The molecule has 0 atom stereocenters. The van der Waals surface area contributed by atoms with Crippen LogP contribution >= 0.6 is 0 Å². The van der Waals surface area contributed by atoms with E-state index in [1.165, 1.54) is 61.1 Å². The molecular weight excluding hydrogens is 172 g/mol. The third kappa shape index (κ3) is 2.96. The summed E-state index contributed by atoms with van der Waals surface area (Å²) in [7, 11) is 4.86. The fourth-order valence-corrected chi connectivity index (χ4v) is 2.72. The summed E-state index contributed by atoms with van der Waals surface area (Å²) >= 11 is 0. The molecule has 0 radical (unpaired) electrons. The number of hydrogen-bond acceptors (Lipinski definition) is 0. The van der Waals surface area contributed by atoms with Crippen molar-refractivity contribution in [2.75, 3.05) is 53.4 Å². The van der Waals surface area contributed by atoms with E-state index < -0.39 is 0 Å². The molecule has 0 unspecified atom stereocenters. The number of rotatable bonds is 4. The van der Waals surface area contributed by atoms with Crippen molar-refractivity contribution >= 4 is 0 Å². The van der Waals surface area contributed by atoms with Crippen LogP contribution in [0.2, 0.25) is 0 Å². The molecule has 84 valence electrons. The standard InChI is InChI=1S/C12H28N2/c1-5-7-13(3)9-11-14(4,8-6-2)12-10-13/h5-12H2,1-4H3/q+2. The van der Waals surface area contributed by atoms with Crippen molar-refractivity contribution in [1.82, 2.24) is 0 Å². The van der Waals surface area contributed by atoms with Crippen LogP contribution in [0.3, 0.4) is 0 Å². The van der Waals surface area contributed by atoms with Crippen LogP contribution in [-0.2, 0) is 0 Å². The molecular formula is C12H28N2+2. The molecule has 1 rings (SSSR count). The summed E-state index contributed by atoms with van der Waals surface area (Å²) in [6.45, 7) is 12.9. The number of nitrogens with zero attached hydrogens (tertiary/aromatic N) is 2. The molecule has 0 bridgehead atoms. The van der Waals surface area contributed by atoms with Crippen molar-refractivity contribution in [3.05, 3.63) is 0 Å². The molecule has 14 heavy (non-hydrogen) atoms. The molecule has 1 heterocycles. The van der Waals surface area contributed by atoms with Crippen molar-refractivity contribution in [2.45, 2.75) is 26.7 Å². The van der Waals surface area contributed by atoms with Gasteiger partial charge < -0.3 is 8.97 Å². The highest BCUT2D eigenvalue weighted by Gasteiger charge is 2.35. The largest absolute Gasteiger partial charge is 0.317 e. The van der Waals surface area contributed by atoms with Gasteiger partial charge in [0.1, 0.15) is 26.2 Å². The molecule has 0 aliphatic carbocycles. The third-order valence-electron chi connectivity index (χ3n) is 3.89. The lowest BCUT2D eigenvalue weighted by Crippen LogP contribution is -2.64. The molecule has 1 aliphatic rings. The molecule has 1 aliphatic heterocycles. The zero-order chi connectivity index (χ0) is 10.7. The lowest BCUT2D eigenvalue weighted by atomic mass is 10.2. The van der Waals surface area contributed by atoms with Crippen LogP contribution in [0, 0.1) is 0 Å². The third-order valence-corrected chi connectivity index (χ3v) is 3.89. The lowest BCUT2D eigenvalue weighted by Gasteiger charge is -2.46. The van der Waals surface area contributed by atoms with E-state index in [2.05, 4.69) is 27.9 Å². The van der Waals surface area contributed by atoms with E-state index in [1.54, 1.807) is 0 Å². The van der Waals surface area contributed by atoms with Crippen molar-refractivity contribution < 1.29 is 8.97 Å². The zero-order valence-electron chi connectivity index (χ0n) is 10.6. The summed E-state index contributed by atoms with van der Waals surface area (Å²) in [4.78, 5) is 0. The molecule has 0 saturated carbocycles. The maximum absolute atomic E-state index is 2.43. The van der Waals surface area contributed by atoms with Crippen LogP contribution in [0.4, 0.5) is 0 Å². The topological polar surface area (TPSA) is 0 Å². The number of piperazine rings is 1. The quantitative estimate of drug-likeness (QED) is 0.606. The van der Waals surface area contributed by atoms with Gasteiger partial charge in [0, 0.05) is 0 Å². The highest BCUT2D eigenvalue weighted by Crippen LogP contribution is 2.16. The van der Waals surface area contributed by atoms with Crippen LogP contribution < -0.4 is 0 Å². The van der Waals surface area contributed by atoms with E-state index in [4.69, 9.17) is 0 Å². The summed E-state index contributed by atoms with van der Waals surface area (Å²) in [5.41, 5.74) is 0. The normalized spacial score (nSPS) is 38.6. The lowest BCUT2D eigenvalue weighted by molar-refractivity contribution is -1.02. The number of hydrogen-bond donors (Lipinski definition) is 0. The van der Waals surface area contributed by atoms with Gasteiger partial charge in [-0.15, -0.1) is 0 Å². The Labute approximate surface area is 89.7 Å². The molecule has 0 spiro atoms. The van der Waals surface area contributed by atoms with Gasteiger partial charge in [-0.05, 0) is 12.8 Å². The summed E-state index contributed by atoms with van der Waals surface area (Å²) in [5, 5.41) is 0. The van der Waals surface area contributed by atoms with E-state index in [9.17, 15) is 0 Å². The van der Waals surface area contributed by atoms with Crippen LogP contribution in [-0.4, -0.2) is 62.3 Å². The minimum absolute atomic E-state index is 1.31. The SMILES string of the molecule is CCC[N+]1(C)CC[N+](C)(CCC)CC1. The van der Waals surface area contributed by atoms with Gasteiger partial charge >= 0.3 is 0 Å². The second-order valence-electron chi connectivity index (χ2n) is 5.58. The van der Waals surface area contributed by atoms with Gasteiger partial charge in [0.2, 0.25) is 0 Å². The van der Waals surface area contributed by atoms with Gasteiger partial charge in [-0.25, -0.2) is 0 Å². The highest BCUT2D eigenvalue weighted by molar-refractivity contribution is 4.50. The van der Waals surface area contributed by atoms with Crippen LogP contribution in [0.25, 0.3) is 0 Å². The van der Waals surface area contributed by atoms with Gasteiger partial charge in [-0.2, -0.15) is 0 Å². The highest BCUT2D eigenvalue weighted by atomic mass is 15.4. The van der Waals surface area contributed by atoms with Crippen LogP contribution in [0.1, 0.15) is 26.7 Å². The average molecular weight is 200 g/mol. The Morgan fingerprint density at radius 2 is 1.00 bits per heavy atom. The predicted octanol–water partition coefficient (Wildman–Crippen LogP) is 1.71. The van der Waals surface area contributed by atoms with Crippen molar-refractivity contribution in [3.63, 3.8) is 0 Å². The maximum Gasteiger partial charge on any atom is 0.128 e. The van der Waals surface area contributed by atoms with Gasteiger partial charge in [0.15, 0.2) is 0 Å². The first-order chi connectivity index (χ1) is 6.54. The van der Waals surface area contributed by atoms with Crippen LogP contribution in [0.15, 0.2) is 0 Å². The van der Waals surface area contributed by atoms with Gasteiger partial charge in [0.05, 0.1) is 27.2 Å². The van der Waals surface area contributed by atoms with E-state index in [1.807, 2.05) is 0 Å². The van der Waals surface area contributed by atoms with Gasteiger partial charge in [-0.3, -0.25) is 0 Å². The summed E-state index contributed by atoms with van der Waals surface area (Å²) in [6.07, 6.45) is 2.65. The molecule has 0 amide bonds. The first-order valence-electron chi connectivity index (χ1n) is 6.21. The molecule has 0 aromatic heterocycles. The minimum atomic E-state index is 1.31. The Morgan fingerprint density at radius 1 is 0.714 bits per heavy atom. The Kier molecular flexibility index (Phi) is 3.96. The smallest absolute Gasteiger partial charge is 0.128 e. The second-order valence-corrected chi connectivity index (χ2v) is 5.58. The summed E-state index contributed by atoms with van der Waals surface area (Å²) in [6, 6.07) is 0. The second kappa shape index (κ2) is 4.63. The Hall–Kier alpha value is -0.0800. The van der Waals surface area contributed by atoms with E-state index in [-0.39, 0.29) is 0 Å². The summed E-state index contributed by atoms with van der Waals surface area (Å²) in [5.74, 6) is 0. The molecule has 0 aromatic rings. The van der Waals surface area contributed by atoms with E-state index in [0.717, 1.165) is 0 Å². The van der Waals surface area contributed by atoms with Crippen LogP contribution in [0.5, 0.6) is 0 Å². The Morgan fingerprint density at radius 3 is 1.21 bits per heavy atom. The predicted molar refractivity (Wildman–Crippen MR) is 62.2 cm³/mol. The number of quaternary nitrogens is 2. The Bertz CT molecular complexity index is 149. The molecule has 2 nitrogen and oxygen atoms in total. The first-order valence-corrected chi connectivity index (χ1v) is 6.21. The molecule has 1 saturated heterocycles. The fourth-order valence-electron chi connectivity index (χ4n) is 2.72. The fraction of sp³-hybridized carbons (Fsp3) is 1.00.